The van der Waals surface area contributed by atoms with Gasteiger partial charge in [-0.3, -0.25) is 9.89 Å². The highest BCUT2D eigenvalue weighted by Gasteiger charge is 2.39. The first-order chi connectivity index (χ1) is 9.11. The number of carbonyl (C=O) groups is 1. The van der Waals surface area contributed by atoms with Gasteiger partial charge in [0.25, 0.3) is 5.91 Å². The molecule has 0 radical (unpaired) electrons. The number of amides is 1. The van der Waals surface area contributed by atoms with Crippen LogP contribution in [0.3, 0.4) is 0 Å². The van der Waals surface area contributed by atoms with Crippen molar-refractivity contribution >= 4 is 5.91 Å². The van der Waals surface area contributed by atoms with Gasteiger partial charge in [-0.15, -0.1) is 5.10 Å². The summed E-state index contributed by atoms with van der Waals surface area (Å²) in [5.41, 5.74) is 5.62. The monoisotopic (exact) mass is 265 g/mol. The summed E-state index contributed by atoms with van der Waals surface area (Å²) in [7, 11) is 0. The number of aromatic amines is 1. The maximum Gasteiger partial charge on any atom is 0.291 e. The van der Waals surface area contributed by atoms with Crippen LogP contribution in [0, 0.1) is 5.92 Å². The number of nitrogens with zero attached hydrogens (tertiary/aromatic N) is 2. The number of nitrogens with two attached hydrogens (primary N) is 1. The average molecular weight is 265 g/mol. The zero-order chi connectivity index (χ0) is 13.9. The Labute approximate surface area is 113 Å². The van der Waals surface area contributed by atoms with Crippen molar-refractivity contribution in [2.75, 3.05) is 6.54 Å². The van der Waals surface area contributed by atoms with Crippen LogP contribution in [-0.4, -0.2) is 33.2 Å². The van der Waals surface area contributed by atoms with Crippen molar-refractivity contribution in [2.45, 2.75) is 51.5 Å². The van der Waals surface area contributed by atoms with E-state index in [2.05, 4.69) is 27.4 Å². The molecule has 2 rings (SSSR count). The first kappa shape index (κ1) is 14.0. The number of carbonyl (C=O) groups excluding carboxylic acids is 1. The fourth-order valence-corrected chi connectivity index (χ4v) is 2.79. The van der Waals surface area contributed by atoms with Crippen LogP contribution in [0.2, 0.25) is 0 Å². The van der Waals surface area contributed by atoms with Crippen molar-refractivity contribution in [1.82, 2.24) is 20.5 Å². The Kier molecular flexibility index (Phi) is 4.19. The molecule has 0 bridgehead atoms. The molecule has 6 heteroatoms. The van der Waals surface area contributed by atoms with Crippen molar-refractivity contribution in [3.63, 3.8) is 0 Å². The molecule has 2 unspecified atom stereocenters. The summed E-state index contributed by atoms with van der Waals surface area (Å²) in [5.74, 6) is 1.10. The van der Waals surface area contributed by atoms with Gasteiger partial charge in [-0.05, 0) is 18.8 Å². The Hall–Kier alpha value is -1.43. The number of hydrogen-bond donors (Lipinski definition) is 3. The van der Waals surface area contributed by atoms with Gasteiger partial charge >= 0.3 is 0 Å². The third-order valence-electron chi connectivity index (χ3n) is 4.25. The number of rotatable bonds is 4. The first-order valence-corrected chi connectivity index (χ1v) is 7.05. The lowest BCUT2D eigenvalue weighted by molar-refractivity contribution is 0.0802. The number of nitrogens with one attached hydrogen (secondary N) is 2. The van der Waals surface area contributed by atoms with Gasteiger partial charge in [0, 0.05) is 13.0 Å². The van der Waals surface area contributed by atoms with Gasteiger partial charge in [-0.1, -0.05) is 26.7 Å². The van der Waals surface area contributed by atoms with E-state index < -0.39 is 0 Å². The molecule has 1 saturated carbocycles. The largest absolute Gasteiger partial charge is 0.342 e. The topological polar surface area (TPSA) is 96.7 Å². The van der Waals surface area contributed by atoms with Crippen LogP contribution in [0.1, 0.15) is 56.0 Å². The molecule has 6 nitrogen and oxygen atoms in total. The van der Waals surface area contributed by atoms with Crippen LogP contribution in [0.4, 0.5) is 0 Å². The molecule has 1 aliphatic rings. The van der Waals surface area contributed by atoms with Gasteiger partial charge in [-0.2, -0.15) is 0 Å². The Morgan fingerprint density at radius 2 is 2.37 bits per heavy atom. The van der Waals surface area contributed by atoms with Crippen LogP contribution >= 0.6 is 0 Å². The maximum absolute atomic E-state index is 12.2. The number of H-pyrrole nitrogens is 1. The molecule has 1 aromatic rings. The average Bonchev–Trinajstić information content (AvgIpc) is 2.90. The van der Waals surface area contributed by atoms with Gasteiger partial charge in [0.2, 0.25) is 5.82 Å². The van der Waals surface area contributed by atoms with E-state index in [0.29, 0.717) is 12.5 Å². The lowest BCUT2D eigenvalue weighted by Gasteiger charge is -2.42. The first-order valence-electron chi connectivity index (χ1n) is 7.05. The van der Waals surface area contributed by atoms with Crippen LogP contribution in [0.15, 0.2) is 0 Å². The van der Waals surface area contributed by atoms with Crippen LogP contribution in [0.5, 0.6) is 0 Å². The zero-order valence-corrected chi connectivity index (χ0v) is 11.7. The van der Waals surface area contributed by atoms with Crippen LogP contribution in [0.25, 0.3) is 0 Å². The SMILES string of the molecule is CCc1nc(C(=O)NC2(CN)CCCCC2C)n[nH]1. The quantitative estimate of drug-likeness (QED) is 0.756. The van der Waals surface area contributed by atoms with Gasteiger partial charge < -0.3 is 11.1 Å². The second kappa shape index (κ2) is 5.69. The third-order valence-corrected chi connectivity index (χ3v) is 4.25. The fourth-order valence-electron chi connectivity index (χ4n) is 2.79. The summed E-state index contributed by atoms with van der Waals surface area (Å²) in [6.45, 7) is 4.58. The smallest absolute Gasteiger partial charge is 0.291 e. The molecule has 4 N–H and O–H groups in total. The van der Waals surface area contributed by atoms with Gasteiger partial charge in [0.15, 0.2) is 0 Å². The molecular weight excluding hydrogens is 242 g/mol. The molecular formula is C13H23N5O. The van der Waals surface area contributed by atoms with Crippen LogP contribution < -0.4 is 11.1 Å². The number of aromatic nitrogens is 3. The Balaban J connectivity index is 2.11. The van der Waals surface area contributed by atoms with Crippen LogP contribution in [-0.2, 0) is 6.42 Å². The Bertz CT molecular complexity index is 444. The molecule has 1 aromatic heterocycles. The highest BCUT2D eigenvalue weighted by atomic mass is 16.2. The van der Waals surface area contributed by atoms with Gasteiger partial charge in [0.1, 0.15) is 5.82 Å². The van der Waals surface area contributed by atoms with E-state index in [-0.39, 0.29) is 17.3 Å². The van der Waals surface area contributed by atoms with E-state index in [0.717, 1.165) is 31.5 Å². The molecule has 0 aliphatic heterocycles. The minimum atomic E-state index is -0.303. The van der Waals surface area contributed by atoms with Crippen molar-refractivity contribution in [3.05, 3.63) is 11.6 Å². The van der Waals surface area contributed by atoms with E-state index in [4.69, 9.17) is 5.73 Å². The standard InChI is InChI=1S/C13H23N5O/c1-3-10-15-11(18-17-10)12(19)16-13(8-14)7-5-4-6-9(13)2/h9H,3-8,14H2,1-2H3,(H,16,19)(H,15,17,18). The summed E-state index contributed by atoms with van der Waals surface area (Å²) in [6.07, 6.45) is 5.08. The van der Waals surface area contributed by atoms with E-state index in [1.54, 1.807) is 0 Å². The predicted octanol–water partition coefficient (Wildman–Crippen LogP) is 1.00. The van der Waals surface area contributed by atoms with Crippen molar-refractivity contribution < 1.29 is 4.79 Å². The van der Waals surface area contributed by atoms with Crippen molar-refractivity contribution in [1.29, 1.82) is 0 Å². The van der Waals surface area contributed by atoms with Gasteiger partial charge in [0.05, 0.1) is 5.54 Å². The molecule has 0 aromatic carbocycles. The van der Waals surface area contributed by atoms with E-state index >= 15 is 0 Å². The summed E-state index contributed by atoms with van der Waals surface area (Å²) < 4.78 is 0. The minimum Gasteiger partial charge on any atom is -0.342 e. The third kappa shape index (κ3) is 2.78. The Morgan fingerprint density at radius 3 is 2.95 bits per heavy atom. The van der Waals surface area contributed by atoms with E-state index in [1.807, 2.05) is 6.92 Å². The number of hydrogen-bond acceptors (Lipinski definition) is 4. The van der Waals surface area contributed by atoms with E-state index in [1.165, 1.54) is 6.42 Å². The molecule has 1 fully saturated rings. The maximum atomic E-state index is 12.2. The second-order valence-electron chi connectivity index (χ2n) is 5.42. The summed E-state index contributed by atoms with van der Waals surface area (Å²) in [6, 6.07) is 0. The Morgan fingerprint density at radius 1 is 1.58 bits per heavy atom. The van der Waals surface area contributed by atoms with E-state index in [9.17, 15) is 4.79 Å². The molecule has 2 atom stereocenters. The second-order valence-corrected chi connectivity index (χ2v) is 5.42. The zero-order valence-electron chi connectivity index (χ0n) is 11.7. The highest BCUT2D eigenvalue weighted by Crippen LogP contribution is 2.33. The molecule has 106 valence electrons. The van der Waals surface area contributed by atoms with Crippen molar-refractivity contribution in [2.24, 2.45) is 11.7 Å². The summed E-state index contributed by atoms with van der Waals surface area (Å²) in [5, 5.41) is 9.79. The summed E-state index contributed by atoms with van der Waals surface area (Å²) in [4.78, 5) is 16.4. The highest BCUT2D eigenvalue weighted by molar-refractivity contribution is 5.91. The summed E-state index contributed by atoms with van der Waals surface area (Å²) >= 11 is 0. The van der Waals surface area contributed by atoms with Crippen molar-refractivity contribution in [3.8, 4) is 0 Å². The molecule has 0 saturated heterocycles. The normalized spacial score (nSPS) is 27.2. The molecule has 1 amide bonds. The molecule has 1 heterocycles. The van der Waals surface area contributed by atoms with Gasteiger partial charge in [-0.25, -0.2) is 4.98 Å². The molecule has 0 spiro atoms. The fraction of sp³-hybridized carbons (Fsp3) is 0.769. The lowest BCUT2D eigenvalue weighted by atomic mass is 9.73. The predicted molar refractivity (Wildman–Crippen MR) is 72.6 cm³/mol. The molecule has 1 aliphatic carbocycles. The number of aryl methyl sites for hydroxylation is 1. The lowest BCUT2D eigenvalue weighted by Crippen LogP contribution is -2.59. The molecule has 19 heavy (non-hydrogen) atoms. The minimum absolute atomic E-state index is 0.211.